The molecule has 0 aliphatic heterocycles. The average molecular weight is 409 g/mol. The van der Waals surface area contributed by atoms with Gasteiger partial charge in [0.1, 0.15) is 0 Å². The van der Waals surface area contributed by atoms with Gasteiger partial charge >= 0.3 is 5.97 Å². The Hall–Kier alpha value is -0.650. The summed E-state index contributed by atoms with van der Waals surface area (Å²) in [4.78, 5) is 11.1. The first kappa shape index (κ1) is 21.6. The van der Waals surface area contributed by atoms with Crippen LogP contribution < -0.4 is 0 Å². The molecule has 0 unspecified atom stereocenters. The number of hydrogen-bond acceptors (Lipinski definition) is 4. The van der Waals surface area contributed by atoms with Crippen molar-refractivity contribution in [1.29, 1.82) is 0 Å². The SMILES string of the molecule is C[C@@H](CCC(=O)O)[C@H]1CC[C@H]2[C@@H]3[C@H](O)C[C@@H]4C[C@H](O)CC[C@]4(C)[C@H]3C[C@H](O)[C@]12C. The predicted molar refractivity (Wildman–Crippen MR) is 110 cm³/mol. The highest BCUT2D eigenvalue weighted by Crippen LogP contribution is 2.68. The Morgan fingerprint density at radius 1 is 1.03 bits per heavy atom. The summed E-state index contributed by atoms with van der Waals surface area (Å²) in [5, 5.41) is 42.0. The number of hydrogen-bond donors (Lipinski definition) is 4. The van der Waals surface area contributed by atoms with Gasteiger partial charge < -0.3 is 20.4 Å². The van der Waals surface area contributed by atoms with Crippen molar-refractivity contribution >= 4 is 5.97 Å². The smallest absolute Gasteiger partial charge is 0.303 e. The standard InChI is InChI=1S/C24H40O5/c1-13(4-7-21(28)29)16-5-6-17-22-18(12-20(27)24(16,17)3)23(2)9-8-15(25)10-14(23)11-19(22)26/h13-20,22,25-27H,4-12H2,1-3H3,(H,28,29)/t13-,14-,15+,16+,17-,18-,19+,20-,22-,23-,24+/m0/s1. The summed E-state index contributed by atoms with van der Waals surface area (Å²) < 4.78 is 0. The minimum absolute atomic E-state index is 0.0957. The monoisotopic (exact) mass is 408 g/mol. The van der Waals surface area contributed by atoms with Crippen LogP contribution in [-0.4, -0.2) is 44.7 Å². The number of fused-ring (bicyclic) bond motifs is 5. The first-order chi connectivity index (χ1) is 13.6. The molecule has 5 heteroatoms. The van der Waals surface area contributed by atoms with Gasteiger partial charge in [0.05, 0.1) is 18.3 Å². The lowest BCUT2D eigenvalue weighted by molar-refractivity contribution is -0.207. The fourth-order valence-electron chi connectivity index (χ4n) is 8.68. The predicted octanol–water partition coefficient (Wildman–Crippen LogP) is 3.45. The minimum Gasteiger partial charge on any atom is -0.481 e. The van der Waals surface area contributed by atoms with Gasteiger partial charge in [-0.1, -0.05) is 20.8 Å². The molecule has 11 atom stereocenters. The minimum atomic E-state index is -0.748. The van der Waals surface area contributed by atoms with Crippen LogP contribution >= 0.6 is 0 Å². The van der Waals surface area contributed by atoms with Gasteiger partial charge in [-0.05, 0) is 97.7 Å². The number of aliphatic carboxylic acids is 1. The zero-order valence-electron chi connectivity index (χ0n) is 18.3. The van der Waals surface area contributed by atoms with E-state index in [0.29, 0.717) is 30.1 Å². The van der Waals surface area contributed by atoms with Gasteiger partial charge in [0.2, 0.25) is 0 Å². The van der Waals surface area contributed by atoms with E-state index in [9.17, 15) is 20.1 Å². The molecule has 166 valence electrons. The largest absolute Gasteiger partial charge is 0.481 e. The fourth-order valence-corrected chi connectivity index (χ4v) is 8.68. The zero-order chi connectivity index (χ0) is 21.1. The molecule has 0 bridgehead atoms. The lowest BCUT2D eigenvalue weighted by atomic mass is 9.43. The molecule has 4 aliphatic carbocycles. The quantitative estimate of drug-likeness (QED) is 0.571. The van der Waals surface area contributed by atoms with Crippen LogP contribution in [0, 0.1) is 46.3 Å². The Morgan fingerprint density at radius 3 is 2.45 bits per heavy atom. The van der Waals surface area contributed by atoms with Gasteiger partial charge in [-0.3, -0.25) is 4.79 Å². The van der Waals surface area contributed by atoms with E-state index in [-0.39, 0.29) is 41.3 Å². The highest BCUT2D eigenvalue weighted by atomic mass is 16.4. The molecule has 0 amide bonds. The molecule has 0 aromatic rings. The van der Waals surface area contributed by atoms with Gasteiger partial charge in [-0.25, -0.2) is 0 Å². The van der Waals surface area contributed by atoms with Crippen molar-refractivity contribution in [2.45, 2.75) is 96.9 Å². The first-order valence-corrected chi connectivity index (χ1v) is 11.8. The molecular weight excluding hydrogens is 368 g/mol. The second-order valence-corrected chi connectivity index (χ2v) is 11.4. The Morgan fingerprint density at radius 2 is 1.76 bits per heavy atom. The Labute approximate surface area is 174 Å². The van der Waals surface area contributed by atoms with E-state index in [0.717, 1.165) is 44.9 Å². The van der Waals surface area contributed by atoms with E-state index in [2.05, 4.69) is 20.8 Å². The highest BCUT2D eigenvalue weighted by Gasteiger charge is 2.65. The second-order valence-electron chi connectivity index (χ2n) is 11.4. The van der Waals surface area contributed by atoms with Gasteiger partial charge in [-0.15, -0.1) is 0 Å². The van der Waals surface area contributed by atoms with Crippen molar-refractivity contribution < 1.29 is 25.2 Å². The van der Waals surface area contributed by atoms with Crippen LogP contribution in [0.3, 0.4) is 0 Å². The summed E-state index contributed by atoms with van der Waals surface area (Å²) in [6, 6.07) is 0. The topological polar surface area (TPSA) is 98.0 Å². The average Bonchev–Trinajstić information content (AvgIpc) is 3.01. The number of rotatable bonds is 4. The number of carboxylic acid groups (broad SMARTS) is 1. The normalized spacial score (nSPS) is 52.9. The maximum Gasteiger partial charge on any atom is 0.303 e. The van der Waals surface area contributed by atoms with Gasteiger partial charge in [-0.2, -0.15) is 0 Å². The molecule has 4 saturated carbocycles. The molecule has 4 rings (SSSR count). The van der Waals surface area contributed by atoms with Crippen LogP contribution in [0.4, 0.5) is 0 Å². The van der Waals surface area contributed by atoms with Crippen LogP contribution in [0.1, 0.15) is 78.6 Å². The van der Waals surface area contributed by atoms with Crippen molar-refractivity contribution in [2.24, 2.45) is 46.3 Å². The molecule has 29 heavy (non-hydrogen) atoms. The van der Waals surface area contributed by atoms with Crippen molar-refractivity contribution in [1.82, 2.24) is 0 Å². The molecular formula is C24H40O5. The van der Waals surface area contributed by atoms with E-state index in [1.807, 2.05) is 0 Å². The molecule has 5 nitrogen and oxygen atoms in total. The maximum atomic E-state index is 11.5. The Bertz CT molecular complexity index is 637. The molecule has 4 aliphatic rings. The third-order valence-electron chi connectivity index (χ3n) is 10.3. The maximum absolute atomic E-state index is 11.5. The molecule has 0 radical (unpaired) electrons. The van der Waals surface area contributed by atoms with Crippen LogP contribution in [0.2, 0.25) is 0 Å². The lowest BCUT2D eigenvalue weighted by Crippen LogP contribution is -2.62. The third kappa shape index (κ3) is 3.27. The van der Waals surface area contributed by atoms with Crippen molar-refractivity contribution in [3.63, 3.8) is 0 Å². The number of carbonyl (C=O) groups is 1. The summed E-state index contributed by atoms with van der Waals surface area (Å²) >= 11 is 0. The number of aliphatic hydroxyl groups excluding tert-OH is 3. The van der Waals surface area contributed by atoms with E-state index in [4.69, 9.17) is 5.11 Å². The summed E-state index contributed by atoms with van der Waals surface area (Å²) in [6.07, 6.45) is 6.00. The van der Waals surface area contributed by atoms with E-state index in [1.165, 1.54) is 0 Å². The fraction of sp³-hybridized carbons (Fsp3) is 0.958. The molecule has 0 heterocycles. The van der Waals surface area contributed by atoms with Crippen molar-refractivity contribution in [3.8, 4) is 0 Å². The van der Waals surface area contributed by atoms with Crippen LogP contribution in [0.15, 0.2) is 0 Å². The molecule has 4 fully saturated rings. The van der Waals surface area contributed by atoms with Crippen LogP contribution in [-0.2, 0) is 4.79 Å². The van der Waals surface area contributed by atoms with Gasteiger partial charge in [0.25, 0.3) is 0 Å². The molecule has 0 spiro atoms. The molecule has 4 N–H and O–H groups in total. The Balaban J connectivity index is 1.61. The number of carboxylic acids is 1. The van der Waals surface area contributed by atoms with E-state index >= 15 is 0 Å². The first-order valence-electron chi connectivity index (χ1n) is 11.8. The second kappa shape index (κ2) is 7.49. The van der Waals surface area contributed by atoms with Crippen molar-refractivity contribution in [3.05, 3.63) is 0 Å². The highest BCUT2D eigenvalue weighted by molar-refractivity contribution is 5.66. The van der Waals surface area contributed by atoms with Crippen LogP contribution in [0.25, 0.3) is 0 Å². The third-order valence-corrected chi connectivity index (χ3v) is 10.3. The van der Waals surface area contributed by atoms with Gasteiger partial charge in [0, 0.05) is 6.42 Å². The number of aliphatic hydroxyl groups is 3. The van der Waals surface area contributed by atoms with Crippen LogP contribution in [0.5, 0.6) is 0 Å². The van der Waals surface area contributed by atoms with Crippen molar-refractivity contribution in [2.75, 3.05) is 0 Å². The zero-order valence-corrected chi connectivity index (χ0v) is 18.3. The molecule has 0 aromatic heterocycles. The lowest BCUT2D eigenvalue weighted by Gasteiger charge is -2.63. The Kier molecular flexibility index (Phi) is 5.57. The summed E-state index contributed by atoms with van der Waals surface area (Å²) in [5.41, 5.74) is -0.143. The molecule has 0 saturated heterocycles. The summed E-state index contributed by atoms with van der Waals surface area (Å²) in [7, 11) is 0. The summed E-state index contributed by atoms with van der Waals surface area (Å²) in [6.45, 7) is 6.72. The molecule has 0 aromatic carbocycles. The van der Waals surface area contributed by atoms with E-state index < -0.39 is 12.1 Å². The summed E-state index contributed by atoms with van der Waals surface area (Å²) in [5.74, 6) is 0.997. The van der Waals surface area contributed by atoms with Gasteiger partial charge in [0.15, 0.2) is 0 Å². The van der Waals surface area contributed by atoms with E-state index in [1.54, 1.807) is 0 Å².